The number of carbonyl (C=O) groups is 1. The molecule has 1 N–H and O–H groups in total. The van der Waals surface area contributed by atoms with Crippen molar-refractivity contribution in [2.75, 3.05) is 12.8 Å². The number of rotatable bonds is 6. The van der Waals surface area contributed by atoms with Crippen molar-refractivity contribution >= 4 is 40.3 Å². The summed E-state index contributed by atoms with van der Waals surface area (Å²) in [5.74, 6) is 0.00423. The Bertz CT molecular complexity index is 777. The third-order valence-electron chi connectivity index (χ3n) is 3.48. The quantitative estimate of drug-likeness (QED) is 0.615. The van der Waals surface area contributed by atoms with Gasteiger partial charge >= 0.3 is 0 Å². The molecule has 0 bridgehead atoms. The van der Waals surface area contributed by atoms with Crippen molar-refractivity contribution in [2.45, 2.75) is 11.3 Å². The highest BCUT2D eigenvalue weighted by molar-refractivity contribution is 7.98. The number of thioether (sulfide) groups is 1. The number of benzene rings is 1. The molecule has 2 nitrogen and oxygen atoms in total. The van der Waals surface area contributed by atoms with Gasteiger partial charge < -0.3 is 5.32 Å². The normalized spacial score (nSPS) is 10.7. The van der Waals surface area contributed by atoms with Gasteiger partial charge in [-0.1, -0.05) is 12.1 Å². The number of hydrogen-bond donors (Lipinski definition) is 1. The number of nitrogens with one attached hydrogen (secondary N) is 1. The van der Waals surface area contributed by atoms with E-state index >= 15 is 0 Å². The summed E-state index contributed by atoms with van der Waals surface area (Å²) < 4.78 is 0. The van der Waals surface area contributed by atoms with Crippen molar-refractivity contribution in [3.8, 4) is 10.4 Å². The zero-order chi connectivity index (χ0) is 16.1. The lowest BCUT2D eigenvalue weighted by molar-refractivity contribution is 0.0951. The molecule has 3 aromatic rings. The molecule has 1 amide bonds. The van der Waals surface area contributed by atoms with Crippen LogP contribution < -0.4 is 5.32 Å². The Morgan fingerprint density at radius 3 is 2.83 bits per heavy atom. The van der Waals surface area contributed by atoms with E-state index in [9.17, 15) is 4.79 Å². The van der Waals surface area contributed by atoms with Crippen LogP contribution >= 0.6 is 34.4 Å². The van der Waals surface area contributed by atoms with Gasteiger partial charge in [0.05, 0.1) is 5.56 Å². The van der Waals surface area contributed by atoms with Gasteiger partial charge in [0.1, 0.15) is 0 Å². The molecule has 0 fully saturated rings. The maximum atomic E-state index is 12.3. The molecule has 2 heterocycles. The van der Waals surface area contributed by atoms with E-state index in [-0.39, 0.29) is 5.91 Å². The largest absolute Gasteiger partial charge is 0.352 e. The summed E-state index contributed by atoms with van der Waals surface area (Å²) in [6.45, 7) is 0.658. The van der Waals surface area contributed by atoms with Gasteiger partial charge in [-0.3, -0.25) is 4.79 Å². The fourth-order valence-electron chi connectivity index (χ4n) is 2.30. The minimum atomic E-state index is 0.00423. The zero-order valence-electron chi connectivity index (χ0n) is 12.7. The van der Waals surface area contributed by atoms with E-state index in [0.29, 0.717) is 6.54 Å². The van der Waals surface area contributed by atoms with Crippen LogP contribution in [-0.4, -0.2) is 18.7 Å². The van der Waals surface area contributed by atoms with E-state index in [2.05, 4.69) is 34.3 Å². The van der Waals surface area contributed by atoms with Crippen LogP contribution in [0, 0.1) is 0 Å². The first-order valence-electron chi connectivity index (χ1n) is 7.30. The highest BCUT2D eigenvalue weighted by Gasteiger charge is 2.10. The molecule has 5 heteroatoms. The van der Waals surface area contributed by atoms with Crippen LogP contribution in [0.25, 0.3) is 10.4 Å². The van der Waals surface area contributed by atoms with Crippen molar-refractivity contribution in [1.82, 2.24) is 5.32 Å². The molecule has 0 saturated heterocycles. The second-order valence-corrected chi connectivity index (χ2v) is 7.78. The maximum Gasteiger partial charge on any atom is 0.252 e. The van der Waals surface area contributed by atoms with Gasteiger partial charge in [-0.25, -0.2) is 0 Å². The standard InChI is InChI=1S/C18H17NOS3/c1-21-17-5-3-2-4-15(17)18(20)19-10-8-14-6-7-16(23-14)13-9-11-22-12-13/h2-7,9,11-12H,8,10H2,1H3,(H,19,20). The summed E-state index contributed by atoms with van der Waals surface area (Å²) in [6.07, 6.45) is 2.85. The minimum absolute atomic E-state index is 0.00423. The lowest BCUT2D eigenvalue weighted by Crippen LogP contribution is -2.25. The molecule has 118 valence electrons. The fourth-order valence-corrected chi connectivity index (χ4v) is 4.63. The van der Waals surface area contributed by atoms with Crippen molar-refractivity contribution in [1.29, 1.82) is 0 Å². The van der Waals surface area contributed by atoms with Gasteiger partial charge in [-0.05, 0) is 53.8 Å². The van der Waals surface area contributed by atoms with Crippen molar-refractivity contribution in [3.63, 3.8) is 0 Å². The fraction of sp³-hybridized carbons (Fsp3) is 0.167. The second-order valence-electron chi connectivity index (χ2n) is 4.98. The summed E-state index contributed by atoms with van der Waals surface area (Å²) in [4.78, 5) is 15.9. The first-order valence-corrected chi connectivity index (χ1v) is 10.3. The lowest BCUT2D eigenvalue weighted by atomic mass is 10.2. The van der Waals surface area contributed by atoms with E-state index in [0.717, 1.165) is 16.9 Å². The Labute approximate surface area is 148 Å². The predicted molar refractivity (Wildman–Crippen MR) is 102 cm³/mol. The molecule has 1 aromatic carbocycles. The Morgan fingerprint density at radius 1 is 1.17 bits per heavy atom. The topological polar surface area (TPSA) is 29.1 Å². The van der Waals surface area contributed by atoms with Gasteiger partial charge in [-0.15, -0.1) is 23.1 Å². The van der Waals surface area contributed by atoms with Crippen LogP contribution in [0.2, 0.25) is 0 Å². The smallest absolute Gasteiger partial charge is 0.252 e. The van der Waals surface area contributed by atoms with Crippen molar-refractivity contribution in [2.24, 2.45) is 0 Å². The van der Waals surface area contributed by atoms with Crippen LogP contribution in [0.4, 0.5) is 0 Å². The average Bonchev–Trinajstić information content (AvgIpc) is 3.26. The SMILES string of the molecule is CSc1ccccc1C(=O)NCCc1ccc(-c2ccsc2)s1. The van der Waals surface area contributed by atoms with E-state index in [1.165, 1.54) is 15.3 Å². The van der Waals surface area contributed by atoms with Gasteiger partial charge in [0.2, 0.25) is 0 Å². The van der Waals surface area contributed by atoms with Crippen LogP contribution in [0.1, 0.15) is 15.2 Å². The summed E-state index contributed by atoms with van der Waals surface area (Å²) in [5, 5.41) is 7.28. The lowest BCUT2D eigenvalue weighted by Gasteiger charge is -2.07. The molecule has 3 rings (SSSR count). The third kappa shape index (κ3) is 4.05. The summed E-state index contributed by atoms with van der Waals surface area (Å²) >= 11 is 5.11. The number of hydrogen-bond acceptors (Lipinski definition) is 4. The van der Waals surface area contributed by atoms with Gasteiger partial charge in [0.15, 0.2) is 0 Å². The highest BCUT2D eigenvalue weighted by atomic mass is 32.2. The Kier molecular flexibility index (Phi) is 5.54. The molecule has 0 saturated carbocycles. The second kappa shape index (κ2) is 7.81. The van der Waals surface area contributed by atoms with E-state index in [4.69, 9.17) is 0 Å². The Hall–Kier alpha value is -1.56. The summed E-state index contributed by atoms with van der Waals surface area (Å²) in [7, 11) is 0. The first kappa shape index (κ1) is 16.3. The van der Waals surface area contributed by atoms with Crippen molar-refractivity contribution in [3.05, 3.63) is 63.7 Å². The van der Waals surface area contributed by atoms with Crippen LogP contribution in [-0.2, 0) is 6.42 Å². The van der Waals surface area contributed by atoms with E-state index < -0.39 is 0 Å². The van der Waals surface area contributed by atoms with Gasteiger partial charge in [0, 0.05) is 26.8 Å². The van der Waals surface area contributed by atoms with E-state index in [1.54, 1.807) is 34.4 Å². The van der Waals surface area contributed by atoms with Crippen LogP contribution in [0.15, 0.2) is 58.1 Å². The molecule has 0 radical (unpaired) electrons. The zero-order valence-corrected chi connectivity index (χ0v) is 15.2. The molecule has 23 heavy (non-hydrogen) atoms. The van der Waals surface area contributed by atoms with Crippen LogP contribution in [0.3, 0.4) is 0 Å². The molecular formula is C18H17NOS3. The molecule has 0 spiro atoms. The molecule has 2 aromatic heterocycles. The predicted octanol–water partition coefficient (Wildman–Crippen LogP) is 5.17. The van der Waals surface area contributed by atoms with Crippen molar-refractivity contribution < 1.29 is 4.79 Å². The van der Waals surface area contributed by atoms with Crippen LogP contribution in [0.5, 0.6) is 0 Å². The monoisotopic (exact) mass is 359 g/mol. The number of thiophene rings is 2. The average molecular weight is 360 g/mol. The molecular weight excluding hydrogens is 342 g/mol. The molecule has 0 aliphatic rings. The summed E-state index contributed by atoms with van der Waals surface area (Å²) in [6, 6.07) is 14.2. The summed E-state index contributed by atoms with van der Waals surface area (Å²) in [5.41, 5.74) is 2.04. The highest BCUT2D eigenvalue weighted by Crippen LogP contribution is 2.29. The molecule has 0 aliphatic heterocycles. The Balaban J connectivity index is 1.56. The third-order valence-corrected chi connectivity index (χ3v) is 6.15. The molecule has 0 aliphatic carbocycles. The molecule has 0 unspecified atom stereocenters. The number of carbonyl (C=O) groups excluding carboxylic acids is 1. The number of amides is 1. The first-order chi connectivity index (χ1) is 11.3. The Morgan fingerprint density at radius 2 is 2.04 bits per heavy atom. The minimum Gasteiger partial charge on any atom is -0.352 e. The molecule has 0 atom stereocenters. The van der Waals surface area contributed by atoms with Gasteiger partial charge in [0.25, 0.3) is 5.91 Å². The van der Waals surface area contributed by atoms with E-state index in [1.807, 2.05) is 30.5 Å². The van der Waals surface area contributed by atoms with Gasteiger partial charge in [-0.2, -0.15) is 11.3 Å². The maximum absolute atomic E-state index is 12.3.